The summed E-state index contributed by atoms with van der Waals surface area (Å²) in [5, 5.41) is 0. The van der Waals surface area contributed by atoms with Crippen molar-refractivity contribution in [3.8, 4) is 5.75 Å². The van der Waals surface area contributed by atoms with E-state index in [1.807, 2.05) is 4.90 Å². The van der Waals surface area contributed by atoms with E-state index in [0.717, 1.165) is 57.8 Å². The zero-order valence-corrected chi connectivity index (χ0v) is 16.6. The largest absolute Gasteiger partial charge is 0.493 e. The summed E-state index contributed by atoms with van der Waals surface area (Å²) in [5.41, 5.74) is 0.993. The molecule has 0 spiro atoms. The molecule has 0 aromatic heterocycles. The predicted octanol–water partition coefficient (Wildman–Crippen LogP) is 4.19. The van der Waals surface area contributed by atoms with Gasteiger partial charge >= 0.3 is 0 Å². The lowest BCUT2D eigenvalue weighted by Crippen LogP contribution is -2.49. The topological polar surface area (TPSA) is 32.8 Å². The lowest BCUT2D eigenvalue weighted by atomic mass is 9.85. The molecule has 148 valence electrons. The van der Waals surface area contributed by atoms with E-state index in [9.17, 15) is 4.79 Å². The van der Waals surface area contributed by atoms with Gasteiger partial charge < -0.3 is 14.5 Å². The first-order valence-electron chi connectivity index (χ1n) is 11.0. The van der Waals surface area contributed by atoms with Gasteiger partial charge in [0.05, 0.1) is 12.1 Å². The Hall–Kier alpha value is -1.55. The number of likely N-dealkylation sites (tertiary alicyclic amines) is 2. The van der Waals surface area contributed by atoms with Crippen LogP contribution >= 0.6 is 0 Å². The van der Waals surface area contributed by atoms with Gasteiger partial charge in [-0.3, -0.25) is 4.79 Å². The van der Waals surface area contributed by atoms with Gasteiger partial charge in [-0.05, 0) is 63.6 Å². The normalized spacial score (nSPS) is 27.2. The molecule has 1 aromatic carbocycles. The second-order valence-corrected chi connectivity index (χ2v) is 8.73. The van der Waals surface area contributed by atoms with E-state index in [1.54, 1.807) is 0 Å². The van der Waals surface area contributed by atoms with Crippen LogP contribution in [0.1, 0.15) is 63.4 Å². The molecule has 0 bridgehead atoms. The van der Waals surface area contributed by atoms with E-state index in [-0.39, 0.29) is 5.54 Å². The van der Waals surface area contributed by atoms with E-state index < -0.39 is 0 Å². The fraction of sp³-hybridized carbons (Fsp3) is 0.696. The maximum absolute atomic E-state index is 12.0. The van der Waals surface area contributed by atoms with Crippen LogP contribution in [0.25, 0.3) is 0 Å². The Morgan fingerprint density at radius 1 is 1.00 bits per heavy atom. The third-order valence-electron chi connectivity index (χ3n) is 6.94. The van der Waals surface area contributed by atoms with Crippen LogP contribution in [0.3, 0.4) is 0 Å². The lowest BCUT2D eigenvalue weighted by Gasteiger charge is -2.40. The van der Waals surface area contributed by atoms with Gasteiger partial charge in [0, 0.05) is 18.7 Å². The molecule has 4 heteroatoms. The van der Waals surface area contributed by atoms with Gasteiger partial charge in [0.2, 0.25) is 6.41 Å². The van der Waals surface area contributed by atoms with Crippen molar-refractivity contribution >= 4 is 6.41 Å². The number of hydrogen-bond donors (Lipinski definition) is 0. The van der Waals surface area contributed by atoms with E-state index >= 15 is 0 Å². The monoisotopic (exact) mass is 370 g/mol. The molecule has 0 N–H and O–H groups in total. The highest BCUT2D eigenvalue weighted by Gasteiger charge is 2.45. The number of amides is 1. The number of benzene rings is 1. The van der Waals surface area contributed by atoms with Crippen LogP contribution in [0.4, 0.5) is 0 Å². The summed E-state index contributed by atoms with van der Waals surface area (Å²) in [5.74, 6) is 1.68. The number of ether oxygens (including phenoxy) is 1. The van der Waals surface area contributed by atoms with Gasteiger partial charge in [0.1, 0.15) is 5.75 Å². The summed E-state index contributed by atoms with van der Waals surface area (Å²) >= 11 is 0. The van der Waals surface area contributed by atoms with Crippen LogP contribution in [0.15, 0.2) is 24.3 Å². The fourth-order valence-corrected chi connectivity index (χ4v) is 5.45. The molecule has 2 aliphatic heterocycles. The Bertz CT molecular complexity index is 623. The molecule has 3 aliphatic rings. The van der Waals surface area contributed by atoms with E-state index in [0.29, 0.717) is 5.92 Å². The summed E-state index contributed by atoms with van der Waals surface area (Å²) < 4.78 is 6.41. The van der Waals surface area contributed by atoms with Crippen molar-refractivity contribution in [3.63, 3.8) is 0 Å². The van der Waals surface area contributed by atoms with E-state index in [2.05, 4.69) is 29.2 Å². The van der Waals surface area contributed by atoms with Crippen LogP contribution in [-0.2, 0) is 10.3 Å². The first-order valence-corrected chi connectivity index (χ1v) is 11.0. The summed E-state index contributed by atoms with van der Waals surface area (Å²) in [4.78, 5) is 16.5. The summed E-state index contributed by atoms with van der Waals surface area (Å²) in [6.45, 7) is 4.92. The molecule has 1 amide bonds. The molecular formula is C23H34N2O2. The molecule has 0 radical (unpaired) electrons. The minimum atomic E-state index is -0.227. The summed E-state index contributed by atoms with van der Waals surface area (Å²) in [6.07, 6.45) is 12.4. The Balaban J connectivity index is 1.58. The Morgan fingerprint density at radius 3 is 2.56 bits per heavy atom. The molecule has 0 unspecified atom stereocenters. The summed E-state index contributed by atoms with van der Waals surface area (Å²) in [6, 6.07) is 8.50. The second kappa shape index (κ2) is 8.64. The predicted molar refractivity (Wildman–Crippen MR) is 108 cm³/mol. The standard InChI is InChI=1S/C23H34N2O2/c26-19-25-16-8-13-23(25,18-24-14-6-7-15-24)21-11-4-5-12-22(21)27-17-20-9-2-1-3-10-20/h4-5,11-12,19-20H,1-3,6-10,13-18H2/t23-/m1/s1. The van der Waals surface area contributed by atoms with Crippen molar-refractivity contribution in [2.24, 2.45) is 5.92 Å². The SMILES string of the molecule is O=CN1CCC[C@@]1(CN1CCCC1)c1ccccc1OCC1CCCCC1. The fourth-order valence-electron chi connectivity index (χ4n) is 5.45. The smallest absolute Gasteiger partial charge is 0.210 e. The quantitative estimate of drug-likeness (QED) is 0.675. The zero-order valence-electron chi connectivity index (χ0n) is 16.6. The van der Waals surface area contributed by atoms with Crippen molar-refractivity contribution in [2.45, 2.75) is 63.3 Å². The number of para-hydroxylation sites is 1. The average Bonchev–Trinajstić information content (AvgIpc) is 3.38. The van der Waals surface area contributed by atoms with Gasteiger partial charge in [-0.1, -0.05) is 37.5 Å². The van der Waals surface area contributed by atoms with Gasteiger partial charge in [0.15, 0.2) is 0 Å². The number of carbonyl (C=O) groups excluding carboxylic acids is 1. The molecule has 1 aromatic rings. The molecule has 1 aliphatic carbocycles. The maximum Gasteiger partial charge on any atom is 0.210 e. The van der Waals surface area contributed by atoms with E-state index in [4.69, 9.17) is 4.74 Å². The molecule has 1 atom stereocenters. The molecule has 27 heavy (non-hydrogen) atoms. The van der Waals surface area contributed by atoms with Crippen molar-refractivity contribution in [1.29, 1.82) is 0 Å². The first-order chi connectivity index (χ1) is 13.3. The van der Waals surface area contributed by atoms with E-state index in [1.165, 1.54) is 50.5 Å². The van der Waals surface area contributed by atoms with Gasteiger partial charge in [0.25, 0.3) is 0 Å². The number of nitrogens with zero attached hydrogens (tertiary/aromatic N) is 2. The van der Waals surface area contributed by atoms with Crippen LogP contribution in [0.5, 0.6) is 5.75 Å². The Labute approximate surface area is 163 Å². The van der Waals surface area contributed by atoms with Crippen molar-refractivity contribution < 1.29 is 9.53 Å². The molecule has 2 saturated heterocycles. The minimum absolute atomic E-state index is 0.227. The number of hydrogen-bond acceptors (Lipinski definition) is 3. The molecule has 4 rings (SSSR count). The van der Waals surface area contributed by atoms with Gasteiger partial charge in [-0.15, -0.1) is 0 Å². The van der Waals surface area contributed by atoms with Crippen LogP contribution < -0.4 is 4.74 Å². The van der Waals surface area contributed by atoms with Crippen molar-refractivity contribution in [2.75, 3.05) is 32.8 Å². The third kappa shape index (κ3) is 4.01. The lowest BCUT2D eigenvalue weighted by molar-refractivity contribution is -0.122. The maximum atomic E-state index is 12.0. The molecule has 3 fully saturated rings. The Kier molecular flexibility index (Phi) is 6.01. The molecule has 4 nitrogen and oxygen atoms in total. The first kappa shape index (κ1) is 18.8. The van der Waals surface area contributed by atoms with Crippen LogP contribution in [0.2, 0.25) is 0 Å². The number of carbonyl (C=O) groups is 1. The average molecular weight is 371 g/mol. The van der Waals surface area contributed by atoms with Crippen LogP contribution in [0, 0.1) is 5.92 Å². The molecule has 1 saturated carbocycles. The molecule has 2 heterocycles. The number of rotatable bonds is 7. The minimum Gasteiger partial charge on any atom is -0.493 e. The third-order valence-corrected chi connectivity index (χ3v) is 6.94. The highest BCUT2D eigenvalue weighted by molar-refractivity contribution is 5.54. The molecular weight excluding hydrogens is 336 g/mol. The highest BCUT2D eigenvalue weighted by atomic mass is 16.5. The highest BCUT2D eigenvalue weighted by Crippen LogP contribution is 2.43. The van der Waals surface area contributed by atoms with Crippen LogP contribution in [-0.4, -0.2) is 49.0 Å². The van der Waals surface area contributed by atoms with Crippen molar-refractivity contribution in [1.82, 2.24) is 9.80 Å². The zero-order chi connectivity index (χ0) is 18.5. The van der Waals surface area contributed by atoms with Gasteiger partial charge in [-0.2, -0.15) is 0 Å². The second-order valence-electron chi connectivity index (χ2n) is 8.73. The Morgan fingerprint density at radius 2 is 1.78 bits per heavy atom. The summed E-state index contributed by atoms with van der Waals surface area (Å²) in [7, 11) is 0. The van der Waals surface area contributed by atoms with Gasteiger partial charge in [-0.25, -0.2) is 0 Å². The van der Waals surface area contributed by atoms with Crippen molar-refractivity contribution in [3.05, 3.63) is 29.8 Å².